The number of aromatic nitrogens is 2. The van der Waals surface area contributed by atoms with Crippen molar-refractivity contribution < 1.29 is 4.42 Å². The van der Waals surface area contributed by atoms with E-state index in [-0.39, 0.29) is 6.04 Å². The Bertz CT molecular complexity index is 545. The van der Waals surface area contributed by atoms with Gasteiger partial charge < -0.3 is 9.73 Å². The van der Waals surface area contributed by atoms with E-state index >= 15 is 0 Å². The third kappa shape index (κ3) is 2.77. The molecule has 4 nitrogen and oxygen atoms in total. The Morgan fingerprint density at radius 3 is 2.68 bits per heavy atom. The van der Waals surface area contributed by atoms with Crippen molar-refractivity contribution >= 4 is 15.9 Å². The third-order valence-corrected chi connectivity index (χ3v) is 3.76. The molecule has 0 saturated heterocycles. The molecule has 0 bridgehead atoms. The van der Waals surface area contributed by atoms with E-state index in [1.54, 1.807) is 0 Å². The van der Waals surface area contributed by atoms with Crippen molar-refractivity contribution in [1.29, 1.82) is 0 Å². The largest absolute Gasteiger partial charge is 0.464 e. The Labute approximate surface area is 122 Å². The normalized spacial score (nSPS) is 13.2. The highest BCUT2D eigenvalue weighted by molar-refractivity contribution is 9.10. The van der Waals surface area contributed by atoms with E-state index in [0.29, 0.717) is 6.04 Å². The number of nitrogens with one attached hydrogen (secondary N) is 1. The predicted molar refractivity (Wildman–Crippen MR) is 79.3 cm³/mol. The fourth-order valence-electron chi connectivity index (χ4n) is 2.19. The summed E-state index contributed by atoms with van der Waals surface area (Å²) in [4.78, 5) is 0. The van der Waals surface area contributed by atoms with Crippen LogP contribution in [0.5, 0.6) is 0 Å². The smallest absolute Gasteiger partial charge is 0.127 e. The fourth-order valence-corrected chi connectivity index (χ4v) is 2.69. The van der Waals surface area contributed by atoms with Gasteiger partial charge in [0.25, 0.3) is 0 Å². The van der Waals surface area contributed by atoms with Gasteiger partial charge in [0.2, 0.25) is 0 Å². The zero-order chi connectivity index (χ0) is 14.0. The van der Waals surface area contributed by atoms with E-state index in [1.165, 1.54) is 0 Å². The molecule has 0 aliphatic heterocycles. The van der Waals surface area contributed by atoms with Crippen LogP contribution in [0.3, 0.4) is 0 Å². The number of furan rings is 1. The van der Waals surface area contributed by atoms with Crippen LogP contribution >= 0.6 is 15.9 Å². The molecule has 2 heterocycles. The van der Waals surface area contributed by atoms with Crippen LogP contribution in [-0.4, -0.2) is 16.8 Å². The average Bonchev–Trinajstić information content (AvgIpc) is 2.99. The van der Waals surface area contributed by atoms with Gasteiger partial charge in [0.15, 0.2) is 0 Å². The van der Waals surface area contributed by atoms with Gasteiger partial charge in [-0.25, -0.2) is 0 Å². The van der Waals surface area contributed by atoms with E-state index in [1.807, 2.05) is 30.1 Å². The number of hydrogen-bond donors (Lipinski definition) is 1. The van der Waals surface area contributed by atoms with Crippen molar-refractivity contribution in [3.05, 3.63) is 40.0 Å². The lowest BCUT2D eigenvalue weighted by Crippen LogP contribution is -2.22. The summed E-state index contributed by atoms with van der Waals surface area (Å²) in [5.74, 6) is 1.92. The summed E-state index contributed by atoms with van der Waals surface area (Å²) in [6.07, 6.45) is 2.74. The fraction of sp³-hybridized carbons (Fsp3) is 0.500. The molecule has 0 saturated carbocycles. The molecule has 0 radical (unpaired) electrons. The maximum atomic E-state index is 5.87. The second-order valence-electron chi connectivity index (χ2n) is 4.80. The molecular weight excluding hydrogens is 306 g/mol. The molecule has 104 valence electrons. The quantitative estimate of drug-likeness (QED) is 0.911. The minimum absolute atomic E-state index is 0.000394. The summed E-state index contributed by atoms with van der Waals surface area (Å²) in [5, 5.41) is 7.73. The number of aryl methyl sites for hydroxylation is 1. The molecular formula is C14H20BrN3O. The SMILES string of the molecule is CCc1ccc(C(NC)c2c(Br)cnn2C(C)C)o1. The Hall–Kier alpha value is -1.07. The van der Waals surface area contributed by atoms with Crippen molar-refractivity contribution in [2.75, 3.05) is 7.05 Å². The van der Waals surface area contributed by atoms with Gasteiger partial charge in [0, 0.05) is 12.5 Å². The van der Waals surface area contributed by atoms with Crippen molar-refractivity contribution in [2.24, 2.45) is 0 Å². The van der Waals surface area contributed by atoms with Gasteiger partial charge in [0.05, 0.1) is 16.4 Å². The molecule has 2 rings (SSSR count). The molecule has 1 atom stereocenters. The number of hydrogen-bond acceptors (Lipinski definition) is 3. The zero-order valence-electron chi connectivity index (χ0n) is 11.8. The van der Waals surface area contributed by atoms with E-state index in [9.17, 15) is 0 Å². The van der Waals surface area contributed by atoms with E-state index < -0.39 is 0 Å². The summed E-state index contributed by atoms with van der Waals surface area (Å²) in [7, 11) is 1.93. The van der Waals surface area contributed by atoms with Gasteiger partial charge in [-0.2, -0.15) is 5.10 Å². The van der Waals surface area contributed by atoms with Gasteiger partial charge >= 0.3 is 0 Å². The first-order chi connectivity index (χ1) is 9.08. The lowest BCUT2D eigenvalue weighted by Gasteiger charge is -2.19. The summed E-state index contributed by atoms with van der Waals surface area (Å²) in [6, 6.07) is 4.37. The minimum Gasteiger partial charge on any atom is -0.464 e. The van der Waals surface area contributed by atoms with E-state index in [0.717, 1.165) is 28.1 Å². The standard InChI is InChI=1S/C14H20BrN3O/c1-5-10-6-7-12(19-10)13(16-4)14-11(15)8-17-18(14)9(2)3/h6-9,13,16H,5H2,1-4H3. The summed E-state index contributed by atoms with van der Waals surface area (Å²) >= 11 is 3.58. The topological polar surface area (TPSA) is 43.0 Å². The number of rotatable bonds is 5. The summed E-state index contributed by atoms with van der Waals surface area (Å²) in [5.41, 5.74) is 1.09. The summed E-state index contributed by atoms with van der Waals surface area (Å²) < 4.78 is 8.88. The van der Waals surface area contributed by atoms with Crippen LogP contribution in [0.25, 0.3) is 0 Å². The zero-order valence-corrected chi connectivity index (χ0v) is 13.4. The molecule has 0 aromatic carbocycles. The first-order valence-electron chi connectivity index (χ1n) is 6.57. The third-order valence-electron chi connectivity index (χ3n) is 3.15. The Balaban J connectivity index is 2.44. The van der Waals surface area contributed by atoms with Gasteiger partial charge in [-0.05, 0) is 49.0 Å². The van der Waals surface area contributed by atoms with Gasteiger partial charge in [-0.15, -0.1) is 0 Å². The molecule has 0 fully saturated rings. The lowest BCUT2D eigenvalue weighted by atomic mass is 10.1. The monoisotopic (exact) mass is 325 g/mol. The highest BCUT2D eigenvalue weighted by Crippen LogP contribution is 2.31. The lowest BCUT2D eigenvalue weighted by molar-refractivity contribution is 0.408. The maximum Gasteiger partial charge on any atom is 0.127 e. The van der Waals surface area contributed by atoms with Crippen molar-refractivity contribution in [3.63, 3.8) is 0 Å². The van der Waals surface area contributed by atoms with Crippen LogP contribution in [0.1, 0.15) is 50.1 Å². The van der Waals surface area contributed by atoms with Crippen LogP contribution in [-0.2, 0) is 6.42 Å². The predicted octanol–water partition coefficient (Wildman–Crippen LogP) is 3.69. The number of nitrogens with zero attached hydrogens (tertiary/aromatic N) is 2. The van der Waals surface area contributed by atoms with Gasteiger partial charge in [0.1, 0.15) is 17.6 Å². The summed E-state index contributed by atoms with van der Waals surface area (Å²) in [6.45, 7) is 6.33. The molecule has 0 aliphatic carbocycles. The Morgan fingerprint density at radius 1 is 1.42 bits per heavy atom. The molecule has 0 amide bonds. The molecule has 2 aromatic heterocycles. The second kappa shape index (κ2) is 5.92. The highest BCUT2D eigenvalue weighted by Gasteiger charge is 2.24. The van der Waals surface area contributed by atoms with Crippen molar-refractivity contribution in [3.8, 4) is 0 Å². The molecule has 5 heteroatoms. The minimum atomic E-state index is -0.000394. The molecule has 0 spiro atoms. The molecule has 0 aliphatic rings. The maximum absolute atomic E-state index is 5.87. The van der Waals surface area contributed by atoms with Crippen LogP contribution < -0.4 is 5.32 Å². The van der Waals surface area contributed by atoms with Gasteiger partial charge in [-0.3, -0.25) is 4.68 Å². The Morgan fingerprint density at radius 2 is 2.16 bits per heavy atom. The first kappa shape index (κ1) is 14.3. The second-order valence-corrected chi connectivity index (χ2v) is 5.65. The molecule has 1 unspecified atom stereocenters. The van der Waals surface area contributed by atoms with Crippen LogP contribution in [0.4, 0.5) is 0 Å². The Kier molecular flexibility index (Phi) is 4.47. The average molecular weight is 326 g/mol. The highest BCUT2D eigenvalue weighted by atomic mass is 79.9. The molecule has 19 heavy (non-hydrogen) atoms. The van der Waals surface area contributed by atoms with Crippen LogP contribution in [0.15, 0.2) is 27.2 Å². The number of halogens is 1. The van der Waals surface area contributed by atoms with Crippen LogP contribution in [0.2, 0.25) is 0 Å². The molecule has 1 N–H and O–H groups in total. The van der Waals surface area contributed by atoms with Crippen molar-refractivity contribution in [2.45, 2.75) is 39.3 Å². The van der Waals surface area contributed by atoms with Crippen molar-refractivity contribution in [1.82, 2.24) is 15.1 Å². The van der Waals surface area contributed by atoms with E-state index in [2.05, 4.69) is 47.1 Å². The van der Waals surface area contributed by atoms with Crippen LogP contribution in [0, 0.1) is 0 Å². The molecule has 2 aromatic rings. The van der Waals surface area contributed by atoms with E-state index in [4.69, 9.17) is 4.42 Å². The first-order valence-corrected chi connectivity index (χ1v) is 7.36. The van der Waals surface area contributed by atoms with Gasteiger partial charge in [-0.1, -0.05) is 6.92 Å².